The molecular formula is C20H17NO2S2. The van der Waals surface area contributed by atoms with Crippen molar-refractivity contribution < 1.29 is 9.90 Å². The lowest BCUT2D eigenvalue weighted by Gasteiger charge is -2.04. The van der Waals surface area contributed by atoms with Gasteiger partial charge in [0.1, 0.15) is 5.75 Å². The maximum absolute atomic E-state index is 12.3. The number of phenols is 1. The van der Waals surface area contributed by atoms with Crippen LogP contribution in [0.1, 0.15) is 31.4 Å². The molecule has 0 aliphatic carbocycles. The van der Waals surface area contributed by atoms with Crippen molar-refractivity contribution in [2.24, 2.45) is 0 Å². The van der Waals surface area contributed by atoms with Crippen LogP contribution in [0.5, 0.6) is 5.75 Å². The number of nitrogens with zero attached hydrogens (tertiary/aromatic N) is 1. The fourth-order valence-electron chi connectivity index (χ4n) is 2.36. The zero-order valence-corrected chi connectivity index (χ0v) is 15.5. The first-order valence-electron chi connectivity index (χ1n) is 7.74. The highest BCUT2D eigenvalue weighted by Gasteiger charge is 2.12. The number of aromatic hydroxyl groups is 1. The Morgan fingerprint density at radius 3 is 2.48 bits per heavy atom. The van der Waals surface area contributed by atoms with Gasteiger partial charge in [0.25, 0.3) is 5.12 Å². The average molecular weight is 367 g/mol. The molecule has 0 saturated carbocycles. The number of benzene rings is 2. The molecule has 1 N–H and O–H groups in total. The molecule has 0 fully saturated rings. The van der Waals surface area contributed by atoms with Gasteiger partial charge >= 0.3 is 0 Å². The van der Waals surface area contributed by atoms with Gasteiger partial charge in [-0.3, -0.25) is 4.79 Å². The van der Waals surface area contributed by atoms with Gasteiger partial charge < -0.3 is 5.11 Å². The summed E-state index contributed by atoms with van der Waals surface area (Å²) in [5.74, 6) is 0.334. The van der Waals surface area contributed by atoms with Crippen LogP contribution in [0.25, 0.3) is 12.2 Å². The number of aryl methyl sites for hydroxylation is 2. The summed E-state index contributed by atoms with van der Waals surface area (Å²) >= 11 is 2.56. The normalized spacial score (nSPS) is 11.1. The molecule has 3 aromatic rings. The van der Waals surface area contributed by atoms with Crippen LogP contribution in [0.4, 0.5) is 0 Å². The summed E-state index contributed by atoms with van der Waals surface area (Å²) in [6.07, 6.45) is 5.61. The van der Waals surface area contributed by atoms with Crippen LogP contribution >= 0.6 is 23.1 Å². The first-order chi connectivity index (χ1) is 12.0. The molecule has 1 heterocycles. The van der Waals surface area contributed by atoms with Gasteiger partial charge in [0.15, 0.2) is 5.01 Å². The minimum atomic E-state index is -0.0489. The highest BCUT2D eigenvalue weighted by atomic mass is 32.2. The fourth-order valence-corrected chi connectivity index (χ4v) is 3.91. The zero-order chi connectivity index (χ0) is 17.8. The van der Waals surface area contributed by atoms with Crippen LogP contribution in [0, 0.1) is 13.8 Å². The molecule has 0 saturated heterocycles. The van der Waals surface area contributed by atoms with Crippen molar-refractivity contribution >= 4 is 40.4 Å². The van der Waals surface area contributed by atoms with Gasteiger partial charge in [-0.05, 0) is 72.6 Å². The maximum atomic E-state index is 12.3. The lowest BCUT2D eigenvalue weighted by atomic mass is 10.1. The van der Waals surface area contributed by atoms with E-state index in [2.05, 4.69) is 4.98 Å². The largest absolute Gasteiger partial charge is 0.507 e. The molecule has 0 amide bonds. The molecule has 0 aliphatic heterocycles. The smallest absolute Gasteiger partial charge is 0.252 e. The summed E-state index contributed by atoms with van der Waals surface area (Å²) in [7, 11) is 0. The second kappa shape index (κ2) is 7.68. The molecule has 0 aliphatic rings. The summed E-state index contributed by atoms with van der Waals surface area (Å²) < 4.78 is 0. The third-order valence-corrected chi connectivity index (χ3v) is 5.58. The molecule has 5 heteroatoms. The summed E-state index contributed by atoms with van der Waals surface area (Å²) in [5.41, 5.74) is 2.70. The van der Waals surface area contributed by atoms with E-state index in [9.17, 15) is 9.90 Å². The van der Waals surface area contributed by atoms with E-state index in [-0.39, 0.29) is 5.12 Å². The van der Waals surface area contributed by atoms with E-state index in [0.717, 1.165) is 26.5 Å². The molecule has 25 heavy (non-hydrogen) atoms. The van der Waals surface area contributed by atoms with E-state index in [1.54, 1.807) is 6.20 Å². The fraction of sp³-hybridized carbons (Fsp3) is 0.100. The van der Waals surface area contributed by atoms with Crippen LogP contribution in [-0.4, -0.2) is 15.2 Å². The van der Waals surface area contributed by atoms with E-state index < -0.39 is 0 Å². The Labute approximate surface area is 155 Å². The van der Waals surface area contributed by atoms with Crippen molar-refractivity contribution in [2.75, 3.05) is 0 Å². The molecular weight excluding hydrogens is 350 g/mol. The van der Waals surface area contributed by atoms with Gasteiger partial charge in [0, 0.05) is 16.0 Å². The lowest BCUT2D eigenvalue weighted by molar-refractivity contribution is 0.108. The Kier molecular flexibility index (Phi) is 5.36. The van der Waals surface area contributed by atoms with Crippen LogP contribution < -0.4 is 0 Å². The molecule has 126 valence electrons. The van der Waals surface area contributed by atoms with Gasteiger partial charge in [-0.2, -0.15) is 0 Å². The average Bonchev–Trinajstić information content (AvgIpc) is 3.08. The second-order valence-electron chi connectivity index (χ2n) is 5.61. The Morgan fingerprint density at radius 2 is 1.80 bits per heavy atom. The van der Waals surface area contributed by atoms with E-state index in [4.69, 9.17) is 0 Å². The molecule has 3 nitrogen and oxygen atoms in total. The third-order valence-electron chi connectivity index (χ3n) is 3.61. The quantitative estimate of drug-likeness (QED) is 0.613. The number of thioether (sulfide) groups is 1. The SMILES string of the molecule is Cc1cc(C=Cc2cnc(C(=O)Sc3ccccc3)s2)cc(C)c1O. The van der Waals surface area contributed by atoms with Crippen molar-refractivity contribution in [3.05, 3.63) is 75.2 Å². The number of thiazole rings is 1. The monoisotopic (exact) mass is 367 g/mol. The molecule has 0 spiro atoms. The van der Waals surface area contributed by atoms with Gasteiger partial charge in [-0.25, -0.2) is 4.98 Å². The summed E-state index contributed by atoms with van der Waals surface area (Å²) in [5, 5.41) is 10.3. The maximum Gasteiger partial charge on any atom is 0.252 e. The molecule has 0 radical (unpaired) electrons. The number of carbonyl (C=O) groups is 1. The van der Waals surface area contributed by atoms with E-state index >= 15 is 0 Å². The van der Waals surface area contributed by atoms with Gasteiger partial charge in [-0.1, -0.05) is 24.3 Å². The predicted octanol–water partition coefficient (Wildman–Crippen LogP) is 5.57. The Hall–Kier alpha value is -2.37. The van der Waals surface area contributed by atoms with Crippen LogP contribution in [0.15, 0.2) is 53.6 Å². The van der Waals surface area contributed by atoms with Crippen molar-refractivity contribution in [1.82, 2.24) is 4.98 Å². The van der Waals surface area contributed by atoms with Crippen molar-refractivity contribution in [3.63, 3.8) is 0 Å². The third kappa shape index (κ3) is 4.38. The summed E-state index contributed by atoms with van der Waals surface area (Å²) in [6.45, 7) is 3.76. The minimum absolute atomic E-state index is 0.0489. The topological polar surface area (TPSA) is 50.2 Å². The lowest BCUT2D eigenvalue weighted by Crippen LogP contribution is -1.90. The van der Waals surface area contributed by atoms with Crippen LogP contribution in [0.3, 0.4) is 0 Å². The Balaban J connectivity index is 1.72. The van der Waals surface area contributed by atoms with Gasteiger partial charge in [-0.15, -0.1) is 11.3 Å². The number of carbonyl (C=O) groups excluding carboxylic acids is 1. The molecule has 3 rings (SSSR count). The first-order valence-corrected chi connectivity index (χ1v) is 9.37. The number of rotatable bonds is 4. The number of phenolic OH excluding ortho intramolecular Hbond substituents is 1. The van der Waals surface area contributed by atoms with Crippen molar-refractivity contribution in [3.8, 4) is 5.75 Å². The van der Waals surface area contributed by atoms with Crippen molar-refractivity contribution in [1.29, 1.82) is 0 Å². The summed E-state index contributed by atoms with van der Waals surface area (Å²) in [6, 6.07) is 13.4. The van der Waals surface area contributed by atoms with E-state index in [1.165, 1.54) is 23.1 Å². The van der Waals surface area contributed by atoms with Gasteiger partial charge in [0.05, 0.1) is 0 Å². The highest BCUT2D eigenvalue weighted by molar-refractivity contribution is 8.14. The first kappa shape index (κ1) is 17.5. The minimum Gasteiger partial charge on any atom is -0.507 e. The molecule has 0 unspecified atom stereocenters. The zero-order valence-electron chi connectivity index (χ0n) is 13.9. The number of hydrogen-bond donors (Lipinski definition) is 1. The Morgan fingerprint density at radius 1 is 1.12 bits per heavy atom. The standard InChI is InChI=1S/C20H17NO2S2/c1-13-10-15(11-14(2)18(13)22)8-9-17-12-21-19(24-17)20(23)25-16-6-4-3-5-7-16/h3-12,22H,1-2H3. The van der Waals surface area contributed by atoms with Crippen LogP contribution in [-0.2, 0) is 0 Å². The van der Waals surface area contributed by atoms with E-state index in [1.807, 2.05) is 68.5 Å². The second-order valence-corrected chi connectivity index (χ2v) is 7.72. The number of hydrogen-bond acceptors (Lipinski definition) is 5. The molecule has 0 atom stereocenters. The summed E-state index contributed by atoms with van der Waals surface area (Å²) in [4.78, 5) is 18.3. The Bertz CT molecular complexity index is 907. The number of aromatic nitrogens is 1. The van der Waals surface area contributed by atoms with Crippen molar-refractivity contribution in [2.45, 2.75) is 18.7 Å². The molecule has 1 aromatic heterocycles. The van der Waals surface area contributed by atoms with Gasteiger partial charge in [0.2, 0.25) is 0 Å². The van der Waals surface area contributed by atoms with Crippen LogP contribution in [0.2, 0.25) is 0 Å². The van der Waals surface area contributed by atoms with E-state index in [0.29, 0.717) is 10.8 Å². The molecule has 0 bridgehead atoms. The highest BCUT2D eigenvalue weighted by Crippen LogP contribution is 2.27. The predicted molar refractivity (Wildman–Crippen MR) is 105 cm³/mol. The molecule has 2 aromatic carbocycles.